The van der Waals surface area contributed by atoms with Gasteiger partial charge in [-0.05, 0) is 66.3 Å². The molecule has 6 heteroatoms. The lowest BCUT2D eigenvalue weighted by Gasteiger charge is -2.09. The lowest BCUT2D eigenvalue weighted by atomic mass is 10.4. The maximum Gasteiger partial charge on any atom is 0.172 e. The molecule has 100 valence electrons. The number of anilines is 1. The second kappa shape index (κ2) is 6.16. The molecule has 2 aromatic rings. The summed E-state index contributed by atoms with van der Waals surface area (Å²) in [7, 11) is 0. The zero-order valence-electron chi connectivity index (χ0n) is 10.7. The first-order valence-corrected chi connectivity index (χ1v) is 6.98. The van der Waals surface area contributed by atoms with Gasteiger partial charge in [-0.15, -0.1) is 0 Å². The predicted octanol–water partition coefficient (Wildman–Crippen LogP) is 3.54. The fourth-order valence-electron chi connectivity index (χ4n) is 1.52. The summed E-state index contributed by atoms with van der Waals surface area (Å²) in [6.45, 7) is 4.39. The van der Waals surface area contributed by atoms with Crippen molar-refractivity contribution in [3.05, 3.63) is 46.0 Å². The minimum absolute atomic E-state index is 0.517. The molecule has 0 aliphatic carbocycles. The van der Waals surface area contributed by atoms with Crippen LogP contribution in [0.5, 0.6) is 0 Å². The third kappa shape index (κ3) is 4.04. The minimum Gasteiger partial charge on any atom is -0.465 e. The standard InChI is InChI=1S/C13H14BrN3OS/c1-8-3-4-10(18-8)7-15-13(19)17-12-6-5-11(14)9(2)16-12/h3-6H,7H2,1-2H3,(H2,15,16,17,19). The monoisotopic (exact) mass is 339 g/mol. The van der Waals surface area contributed by atoms with E-state index in [2.05, 4.69) is 31.5 Å². The molecule has 0 saturated carbocycles. The van der Waals surface area contributed by atoms with Crippen LogP contribution >= 0.6 is 28.1 Å². The van der Waals surface area contributed by atoms with Crippen molar-refractivity contribution in [1.29, 1.82) is 0 Å². The Morgan fingerprint density at radius 1 is 1.32 bits per heavy atom. The van der Waals surface area contributed by atoms with Gasteiger partial charge in [0, 0.05) is 4.47 Å². The Labute approximate surface area is 125 Å². The molecule has 0 spiro atoms. The molecule has 0 amide bonds. The van der Waals surface area contributed by atoms with E-state index >= 15 is 0 Å². The molecule has 0 aliphatic heterocycles. The molecule has 0 aromatic carbocycles. The average Bonchev–Trinajstić information content (AvgIpc) is 2.77. The number of hydrogen-bond donors (Lipinski definition) is 2. The summed E-state index contributed by atoms with van der Waals surface area (Å²) in [6.07, 6.45) is 0. The Bertz CT molecular complexity index is 597. The van der Waals surface area contributed by atoms with Crippen molar-refractivity contribution >= 4 is 39.1 Å². The first kappa shape index (κ1) is 14.0. The molecule has 2 rings (SSSR count). The minimum atomic E-state index is 0.517. The molecule has 2 aromatic heterocycles. The van der Waals surface area contributed by atoms with Crippen LogP contribution in [0.4, 0.5) is 5.82 Å². The van der Waals surface area contributed by atoms with Gasteiger partial charge in [0.25, 0.3) is 0 Å². The average molecular weight is 340 g/mol. The van der Waals surface area contributed by atoms with Crippen LogP contribution in [-0.4, -0.2) is 10.1 Å². The molecule has 0 unspecified atom stereocenters. The second-order valence-electron chi connectivity index (χ2n) is 4.08. The van der Waals surface area contributed by atoms with E-state index in [4.69, 9.17) is 16.6 Å². The number of pyridine rings is 1. The molecule has 0 aliphatic rings. The smallest absolute Gasteiger partial charge is 0.172 e. The SMILES string of the molecule is Cc1ccc(CNC(=S)Nc2ccc(Br)c(C)n2)o1. The number of nitrogens with zero attached hydrogens (tertiary/aromatic N) is 1. The molecule has 4 nitrogen and oxygen atoms in total. The highest BCUT2D eigenvalue weighted by atomic mass is 79.9. The van der Waals surface area contributed by atoms with E-state index in [0.717, 1.165) is 21.7 Å². The van der Waals surface area contributed by atoms with Gasteiger partial charge < -0.3 is 15.1 Å². The van der Waals surface area contributed by atoms with Crippen molar-refractivity contribution in [1.82, 2.24) is 10.3 Å². The van der Waals surface area contributed by atoms with Gasteiger partial charge in [-0.25, -0.2) is 4.98 Å². The molecule has 0 saturated heterocycles. The van der Waals surface area contributed by atoms with Crippen LogP contribution in [0.25, 0.3) is 0 Å². The number of rotatable bonds is 3. The third-order valence-electron chi connectivity index (χ3n) is 2.48. The number of halogens is 1. The van der Waals surface area contributed by atoms with Gasteiger partial charge in [0.05, 0.1) is 12.2 Å². The highest BCUT2D eigenvalue weighted by Crippen LogP contribution is 2.16. The van der Waals surface area contributed by atoms with Gasteiger partial charge >= 0.3 is 0 Å². The van der Waals surface area contributed by atoms with Crippen LogP contribution in [0.3, 0.4) is 0 Å². The lowest BCUT2D eigenvalue weighted by Crippen LogP contribution is -2.28. The van der Waals surface area contributed by atoms with Gasteiger partial charge in [-0.3, -0.25) is 0 Å². The number of nitrogens with one attached hydrogen (secondary N) is 2. The van der Waals surface area contributed by atoms with Crippen LogP contribution in [0.1, 0.15) is 17.2 Å². The summed E-state index contributed by atoms with van der Waals surface area (Å²) in [4.78, 5) is 4.36. The van der Waals surface area contributed by atoms with Crippen molar-refractivity contribution < 1.29 is 4.42 Å². The quantitative estimate of drug-likeness (QED) is 0.837. The summed E-state index contributed by atoms with van der Waals surface area (Å²) in [5.41, 5.74) is 0.912. The van der Waals surface area contributed by atoms with Crippen molar-refractivity contribution in [2.75, 3.05) is 5.32 Å². The van der Waals surface area contributed by atoms with Crippen molar-refractivity contribution in [3.63, 3.8) is 0 Å². The van der Waals surface area contributed by atoms with Crippen LogP contribution < -0.4 is 10.6 Å². The largest absolute Gasteiger partial charge is 0.465 e. The van der Waals surface area contributed by atoms with Crippen molar-refractivity contribution in [3.8, 4) is 0 Å². The fraction of sp³-hybridized carbons (Fsp3) is 0.231. The first-order valence-electron chi connectivity index (χ1n) is 5.78. The van der Waals surface area contributed by atoms with Crippen molar-refractivity contribution in [2.45, 2.75) is 20.4 Å². The number of aryl methyl sites for hydroxylation is 2. The number of furan rings is 1. The molecule has 0 radical (unpaired) electrons. The Hall–Kier alpha value is -1.40. The zero-order valence-corrected chi connectivity index (χ0v) is 13.1. The number of thiocarbonyl (C=S) groups is 1. The number of hydrogen-bond acceptors (Lipinski definition) is 3. The number of aromatic nitrogens is 1. The highest BCUT2D eigenvalue weighted by molar-refractivity contribution is 9.10. The highest BCUT2D eigenvalue weighted by Gasteiger charge is 2.03. The molecular formula is C13H14BrN3OS. The summed E-state index contributed by atoms with van der Waals surface area (Å²) < 4.78 is 6.42. The van der Waals surface area contributed by atoms with E-state index in [0.29, 0.717) is 17.5 Å². The van der Waals surface area contributed by atoms with E-state index < -0.39 is 0 Å². The molecule has 0 atom stereocenters. The van der Waals surface area contributed by atoms with Crippen LogP contribution in [0.2, 0.25) is 0 Å². The van der Waals surface area contributed by atoms with Crippen LogP contribution in [0, 0.1) is 13.8 Å². The van der Waals surface area contributed by atoms with E-state index in [-0.39, 0.29) is 0 Å². The Balaban J connectivity index is 1.88. The van der Waals surface area contributed by atoms with Gasteiger partial charge in [0.2, 0.25) is 0 Å². The fourth-order valence-corrected chi connectivity index (χ4v) is 1.92. The summed E-state index contributed by atoms with van der Waals surface area (Å²) >= 11 is 8.61. The second-order valence-corrected chi connectivity index (χ2v) is 5.35. The maximum atomic E-state index is 5.45. The van der Waals surface area contributed by atoms with E-state index in [1.165, 1.54) is 0 Å². The molecular weight excluding hydrogens is 326 g/mol. The van der Waals surface area contributed by atoms with E-state index in [9.17, 15) is 0 Å². The van der Waals surface area contributed by atoms with Gasteiger partial charge in [-0.2, -0.15) is 0 Å². The van der Waals surface area contributed by atoms with Gasteiger partial charge in [0.15, 0.2) is 5.11 Å². The normalized spacial score (nSPS) is 10.3. The Morgan fingerprint density at radius 3 is 2.74 bits per heavy atom. The predicted molar refractivity (Wildman–Crippen MR) is 83.2 cm³/mol. The summed E-state index contributed by atoms with van der Waals surface area (Å²) in [5, 5.41) is 6.62. The third-order valence-corrected chi connectivity index (χ3v) is 3.57. The molecule has 2 N–H and O–H groups in total. The van der Waals surface area contributed by atoms with Gasteiger partial charge in [0.1, 0.15) is 17.3 Å². The molecule has 2 heterocycles. The Kier molecular flexibility index (Phi) is 4.55. The molecule has 0 fully saturated rings. The lowest BCUT2D eigenvalue weighted by molar-refractivity contribution is 0.478. The maximum absolute atomic E-state index is 5.45. The van der Waals surface area contributed by atoms with E-state index in [1.807, 2.05) is 38.1 Å². The molecule has 0 bridgehead atoms. The first-order chi connectivity index (χ1) is 9.04. The topological polar surface area (TPSA) is 50.1 Å². The summed E-state index contributed by atoms with van der Waals surface area (Å²) in [6, 6.07) is 7.64. The van der Waals surface area contributed by atoms with Crippen molar-refractivity contribution in [2.24, 2.45) is 0 Å². The zero-order chi connectivity index (χ0) is 13.8. The van der Waals surface area contributed by atoms with Crippen LogP contribution in [0.15, 0.2) is 33.2 Å². The van der Waals surface area contributed by atoms with Gasteiger partial charge in [-0.1, -0.05) is 0 Å². The molecule has 19 heavy (non-hydrogen) atoms. The van der Waals surface area contributed by atoms with Crippen LogP contribution in [-0.2, 0) is 6.54 Å². The summed E-state index contributed by atoms with van der Waals surface area (Å²) in [5.74, 6) is 2.45. The van der Waals surface area contributed by atoms with E-state index in [1.54, 1.807) is 0 Å². The Morgan fingerprint density at radius 2 is 2.11 bits per heavy atom.